The highest BCUT2D eigenvalue weighted by Crippen LogP contribution is 2.36. The molecule has 4 aliphatic rings. The molecule has 0 radical (unpaired) electrons. The third-order valence-corrected chi connectivity index (χ3v) is 7.10. The van der Waals surface area contributed by atoms with Crippen LogP contribution in [0.25, 0.3) is 0 Å². The predicted octanol–water partition coefficient (Wildman–Crippen LogP) is 1.03. The molecule has 176 valence electrons. The van der Waals surface area contributed by atoms with Gasteiger partial charge in [-0.2, -0.15) is 0 Å². The molecular weight excluding hydrogens is 440 g/mol. The Morgan fingerprint density at radius 1 is 1.03 bits per heavy atom. The number of nitrogens with one attached hydrogen (secondary N) is 1. The Hall–Kier alpha value is -3.82. The van der Waals surface area contributed by atoms with Crippen LogP contribution >= 0.6 is 0 Å². The van der Waals surface area contributed by atoms with Crippen molar-refractivity contribution in [2.24, 2.45) is 5.92 Å². The number of carbonyl (C=O) groups is 3. The quantitative estimate of drug-likeness (QED) is 0.677. The van der Waals surface area contributed by atoms with Crippen molar-refractivity contribution in [2.45, 2.75) is 37.9 Å². The standard InChI is InChI=1S/C24H24N4O6/c29-21-3-1-2-18-16-6-15(11-27(18)21)9-26(12-16)22(30)8-17-23(31)28(24(32)25-17)10-14-4-5-19-20(7-14)34-13-33-19/h1-5,7,15-17H,6,8-13H2,(H,25,32)/t15-,16+,17-/m0/s1. The minimum atomic E-state index is -0.884. The fourth-order valence-electron chi connectivity index (χ4n) is 5.49. The van der Waals surface area contributed by atoms with Gasteiger partial charge in [0.15, 0.2) is 11.5 Å². The van der Waals surface area contributed by atoms with Crippen LogP contribution in [0.1, 0.15) is 30.0 Å². The van der Waals surface area contributed by atoms with Gasteiger partial charge in [0.05, 0.1) is 13.0 Å². The van der Waals surface area contributed by atoms with Crippen LogP contribution in [0, 0.1) is 5.92 Å². The van der Waals surface area contributed by atoms with Gasteiger partial charge in [-0.05, 0) is 36.1 Å². The molecule has 2 aromatic rings. The zero-order valence-electron chi connectivity index (χ0n) is 18.4. The summed E-state index contributed by atoms with van der Waals surface area (Å²) >= 11 is 0. The number of hydrogen-bond donors (Lipinski definition) is 1. The van der Waals surface area contributed by atoms with E-state index < -0.39 is 18.0 Å². The lowest BCUT2D eigenvalue weighted by Crippen LogP contribution is -2.50. The van der Waals surface area contributed by atoms with Gasteiger partial charge >= 0.3 is 6.03 Å². The van der Waals surface area contributed by atoms with Crippen LogP contribution in [-0.4, -0.2) is 58.1 Å². The maximum Gasteiger partial charge on any atom is 0.325 e. The fourth-order valence-corrected chi connectivity index (χ4v) is 5.49. The van der Waals surface area contributed by atoms with Crippen molar-refractivity contribution in [3.05, 3.63) is 58.0 Å². The van der Waals surface area contributed by atoms with Gasteiger partial charge in [0.25, 0.3) is 11.5 Å². The molecule has 0 spiro atoms. The maximum atomic E-state index is 13.1. The summed E-state index contributed by atoms with van der Waals surface area (Å²) in [5, 5.41) is 2.66. The third kappa shape index (κ3) is 3.49. The van der Waals surface area contributed by atoms with Crippen molar-refractivity contribution in [1.29, 1.82) is 0 Å². The van der Waals surface area contributed by atoms with E-state index in [0.29, 0.717) is 31.1 Å². The molecule has 0 saturated carbocycles. The second kappa shape index (κ2) is 7.89. The summed E-state index contributed by atoms with van der Waals surface area (Å²) in [6.07, 6.45) is 0.860. The first kappa shape index (κ1) is 20.8. The maximum absolute atomic E-state index is 13.1. The number of aromatic nitrogens is 1. The van der Waals surface area contributed by atoms with Gasteiger partial charge in [0.1, 0.15) is 6.04 Å². The average molecular weight is 464 g/mol. The highest BCUT2D eigenvalue weighted by atomic mass is 16.7. The van der Waals surface area contributed by atoms with Gasteiger partial charge in [-0.3, -0.25) is 19.3 Å². The normalized spacial score (nSPS) is 24.8. The molecule has 0 unspecified atom stereocenters. The van der Waals surface area contributed by atoms with Gasteiger partial charge < -0.3 is 24.3 Å². The highest BCUT2D eigenvalue weighted by Gasteiger charge is 2.42. The summed E-state index contributed by atoms with van der Waals surface area (Å²) in [7, 11) is 0. The number of pyridine rings is 1. The largest absolute Gasteiger partial charge is 0.454 e. The lowest BCUT2D eigenvalue weighted by molar-refractivity contribution is -0.137. The summed E-state index contributed by atoms with van der Waals surface area (Å²) in [5.41, 5.74) is 1.69. The van der Waals surface area contributed by atoms with Gasteiger partial charge in [-0.1, -0.05) is 12.1 Å². The van der Waals surface area contributed by atoms with Gasteiger partial charge in [-0.25, -0.2) is 4.79 Å². The van der Waals surface area contributed by atoms with E-state index in [2.05, 4.69) is 5.32 Å². The molecule has 6 rings (SSSR count). The van der Waals surface area contributed by atoms with Crippen molar-refractivity contribution < 1.29 is 23.9 Å². The van der Waals surface area contributed by atoms with E-state index in [1.165, 1.54) is 0 Å². The average Bonchev–Trinajstić information content (AvgIpc) is 3.39. The molecule has 2 bridgehead atoms. The fraction of sp³-hybridized carbons (Fsp3) is 0.417. The summed E-state index contributed by atoms with van der Waals surface area (Å²) in [5.74, 6) is 0.933. The van der Waals surface area contributed by atoms with Crippen molar-refractivity contribution in [3.8, 4) is 11.5 Å². The highest BCUT2D eigenvalue weighted by molar-refractivity contribution is 6.05. The number of carbonyl (C=O) groups excluding carboxylic acids is 3. The van der Waals surface area contributed by atoms with E-state index in [1.54, 1.807) is 35.2 Å². The molecular formula is C24H24N4O6. The Morgan fingerprint density at radius 2 is 1.88 bits per heavy atom. The van der Waals surface area contributed by atoms with Crippen molar-refractivity contribution >= 4 is 17.8 Å². The Bertz CT molecular complexity index is 1260. The first-order chi connectivity index (χ1) is 16.5. The minimum Gasteiger partial charge on any atom is -0.454 e. The SMILES string of the molecule is O=C(C[C@@H]1NC(=O)N(Cc2ccc3c(c2)OCO3)C1=O)N1C[C@@H]2C[C@H](C1)c1cccc(=O)n1C2. The second-order valence-electron chi connectivity index (χ2n) is 9.32. The van der Waals surface area contributed by atoms with Crippen molar-refractivity contribution in [3.63, 3.8) is 0 Å². The number of ether oxygens (including phenoxy) is 2. The van der Waals surface area contributed by atoms with Crippen LogP contribution in [0.4, 0.5) is 4.79 Å². The van der Waals surface area contributed by atoms with Gasteiger partial charge in [0.2, 0.25) is 12.7 Å². The summed E-state index contributed by atoms with van der Waals surface area (Å²) in [6.45, 7) is 1.89. The number of urea groups is 1. The number of nitrogens with zero attached hydrogens (tertiary/aromatic N) is 3. The van der Waals surface area contributed by atoms with Gasteiger partial charge in [-0.15, -0.1) is 0 Å². The van der Waals surface area contributed by atoms with E-state index in [0.717, 1.165) is 22.6 Å². The summed E-state index contributed by atoms with van der Waals surface area (Å²) in [6, 6.07) is 9.16. The molecule has 2 fully saturated rings. The number of piperidine rings is 1. The molecule has 1 aromatic heterocycles. The first-order valence-corrected chi connectivity index (χ1v) is 11.4. The molecule has 5 heterocycles. The number of benzene rings is 1. The molecule has 10 heteroatoms. The van der Waals surface area contributed by atoms with Crippen LogP contribution in [0.3, 0.4) is 0 Å². The summed E-state index contributed by atoms with van der Waals surface area (Å²) in [4.78, 5) is 53.7. The topological polar surface area (TPSA) is 110 Å². The van der Waals surface area contributed by atoms with E-state index in [1.807, 2.05) is 10.6 Å². The zero-order chi connectivity index (χ0) is 23.4. The Balaban J connectivity index is 1.12. The number of hydrogen-bond acceptors (Lipinski definition) is 6. The molecule has 4 aliphatic heterocycles. The third-order valence-electron chi connectivity index (χ3n) is 7.10. The Kier molecular flexibility index (Phi) is 4.82. The number of fused-ring (bicyclic) bond motifs is 5. The van der Waals surface area contributed by atoms with E-state index in [9.17, 15) is 19.2 Å². The van der Waals surface area contributed by atoms with Gasteiger partial charge in [0, 0.05) is 37.3 Å². The monoisotopic (exact) mass is 464 g/mol. The van der Waals surface area contributed by atoms with Crippen LogP contribution in [0.2, 0.25) is 0 Å². The molecule has 3 atom stereocenters. The molecule has 4 amide bonds. The number of rotatable bonds is 4. The van der Waals surface area contributed by atoms with Crippen LogP contribution in [-0.2, 0) is 22.7 Å². The number of amides is 4. The van der Waals surface area contributed by atoms with Crippen LogP contribution < -0.4 is 20.3 Å². The zero-order valence-corrected chi connectivity index (χ0v) is 18.4. The number of likely N-dealkylation sites (tertiary alicyclic amines) is 1. The first-order valence-electron chi connectivity index (χ1n) is 11.4. The Morgan fingerprint density at radius 3 is 2.76 bits per heavy atom. The number of imide groups is 1. The predicted molar refractivity (Wildman–Crippen MR) is 118 cm³/mol. The van der Waals surface area contributed by atoms with Crippen LogP contribution in [0.15, 0.2) is 41.2 Å². The molecule has 1 N–H and O–H groups in total. The molecule has 2 saturated heterocycles. The van der Waals surface area contributed by atoms with Crippen molar-refractivity contribution in [1.82, 2.24) is 19.7 Å². The molecule has 0 aliphatic carbocycles. The summed E-state index contributed by atoms with van der Waals surface area (Å²) < 4.78 is 12.5. The van der Waals surface area contributed by atoms with E-state index in [4.69, 9.17) is 9.47 Å². The minimum absolute atomic E-state index is 0.00575. The van der Waals surface area contributed by atoms with Crippen LogP contribution in [0.5, 0.6) is 11.5 Å². The molecule has 1 aromatic carbocycles. The lowest BCUT2D eigenvalue weighted by atomic mass is 9.83. The lowest BCUT2D eigenvalue weighted by Gasteiger charge is -2.43. The second-order valence-corrected chi connectivity index (χ2v) is 9.32. The van der Waals surface area contributed by atoms with E-state index in [-0.39, 0.29) is 43.1 Å². The van der Waals surface area contributed by atoms with E-state index >= 15 is 0 Å². The smallest absolute Gasteiger partial charge is 0.325 e. The molecule has 10 nitrogen and oxygen atoms in total. The Labute approximate surface area is 195 Å². The van der Waals surface area contributed by atoms with Crippen molar-refractivity contribution in [2.75, 3.05) is 19.9 Å². The molecule has 34 heavy (non-hydrogen) atoms.